The summed E-state index contributed by atoms with van der Waals surface area (Å²) in [6.45, 7) is 10.1. The van der Waals surface area contributed by atoms with Gasteiger partial charge < -0.3 is 9.84 Å². The molecule has 0 bridgehead atoms. The fraction of sp³-hybridized carbons (Fsp3) is 0.391. The van der Waals surface area contributed by atoms with Crippen LogP contribution in [0.15, 0.2) is 60.1 Å². The third-order valence-corrected chi connectivity index (χ3v) is 3.36. The van der Waals surface area contributed by atoms with Gasteiger partial charge in [-0.25, -0.2) is 9.80 Å². The monoisotopic (exact) mass is 445 g/mol. The van der Waals surface area contributed by atoms with Gasteiger partial charge in [-0.15, -0.1) is 0 Å². The summed E-state index contributed by atoms with van der Waals surface area (Å²) in [4.78, 5) is 21.9. The Morgan fingerprint density at radius 3 is 2.53 bits per heavy atom. The molecule has 0 aliphatic rings. The Balaban J connectivity index is 0.000000574. The van der Waals surface area contributed by atoms with Crippen LogP contribution in [0.5, 0.6) is 0 Å². The molecule has 0 saturated heterocycles. The van der Waals surface area contributed by atoms with Gasteiger partial charge in [0.1, 0.15) is 5.69 Å². The molecule has 32 heavy (non-hydrogen) atoms. The van der Waals surface area contributed by atoms with E-state index in [1.165, 1.54) is 13.0 Å². The molecule has 0 aliphatic heterocycles. The summed E-state index contributed by atoms with van der Waals surface area (Å²) >= 11 is 0. The lowest BCUT2D eigenvalue weighted by Crippen LogP contribution is -2.13. The third-order valence-electron chi connectivity index (χ3n) is 3.36. The fourth-order valence-electron chi connectivity index (χ4n) is 2.06. The van der Waals surface area contributed by atoms with Gasteiger partial charge in [-0.2, -0.15) is 10.2 Å². The van der Waals surface area contributed by atoms with Crippen molar-refractivity contribution < 1.29 is 19.4 Å². The molecule has 1 aromatic heterocycles. The van der Waals surface area contributed by atoms with Crippen LogP contribution in [0, 0.1) is 0 Å². The number of aromatic nitrogens is 2. The van der Waals surface area contributed by atoms with Gasteiger partial charge in [0.25, 0.3) is 0 Å². The van der Waals surface area contributed by atoms with E-state index in [1.54, 1.807) is 41.4 Å². The summed E-state index contributed by atoms with van der Waals surface area (Å²) < 4.78 is 6.45. The Morgan fingerprint density at radius 1 is 1.28 bits per heavy atom. The summed E-state index contributed by atoms with van der Waals surface area (Å²) in [5.74, 6) is -0.0518. The number of carbonyl (C=O) groups is 2. The first-order chi connectivity index (χ1) is 15.5. The topological polar surface area (TPSA) is 109 Å². The first-order valence-corrected chi connectivity index (χ1v) is 10.6. The van der Waals surface area contributed by atoms with Gasteiger partial charge in [0.2, 0.25) is 0 Å². The van der Waals surface area contributed by atoms with Crippen molar-refractivity contribution in [2.45, 2.75) is 47.6 Å². The molecule has 9 heteroatoms. The van der Waals surface area contributed by atoms with Crippen molar-refractivity contribution in [2.24, 2.45) is 5.10 Å². The second-order valence-electron chi connectivity index (χ2n) is 5.96. The zero-order chi connectivity index (χ0) is 24.2. The predicted molar refractivity (Wildman–Crippen MR) is 129 cm³/mol. The third kappa shape index (κ3) is 13.0. The number of nitrogens with zero attached hydrogens (tertiary/aromatic N) is 4. The van der Waals surface area contributed by atoms with Gasteiger partial charge in [-0.3, -0.25) is 14.8 Å². The first-order valence-electron chi connectivity index (χ1n) is 10.6. The minimum atomic E-state index is -0.395. The van der Waals surface area contributed by atoms with Crippen LogP contribution < -0.4 is 10.3 Å². The standard InChI is InChI=1S/C11H16N4O2.C10H13NO2.C2H6/c1-3-12-15(5-4-10(2)17)11-8-13-14(9-11)6-7-16;1-2-8-13-10(12)11-9-6-4-3-5-7-9;1-2/h3-5,8-9,16H,6-7H2,1-2H3;3-7H,2,8H2,1H3,(H,11,12);1-2H3/b5-4-,12-3+;;. The number of hydrogen-bond donors (Lipinski definition) is 2. The normalized spacial score (nSPS) is 10.1. The summed E-state index contributed by atoms with van der Waals surface area (Å²) in [6.07, 6.45) is 8.42. The van der Waals surface area contributed by atoms with E-state index in [0.29, 0.717) is 13.2 Å². The highest BCUT2D eigenvalue weighted by Gasteiger charge is 2.04. The van der Waals surface area contributed by atoms with Crippen LogP contribution in [-0.4, -0.2) is 46.2 Å². The van der Waals surface area contributed by atoms with E-state index < -0.39 is 6.09 Å². The molecule has 2 rings (SSSR count). The number of para-hydroxylation sites is 1. The molecule has 0 atom stereocenters. The Morgan fingerprint density at radius 2 is 1.97 bits per heavy atom. The zero-order valence-corrected chi connectivity index (χ0v) is 19.6. The Kier molecular flexibility index (Phi) is 16.3. The average Bonchev–Trinajstić information content (AvgIpc) is 3.26. The van der Waals surface area contributed by atoms with Crippen LogP contribution >= 0.6 is 0 Å². The molecule has 1 heterocycles. The molecule has 1 aromatic carbocycles. The molecular weight excluding hydrogens is 410 g/mol. The second-order valence-corrected chi connectivity index (χ2v) is 5.96. The lowest BCUT2D eigenvalue weighted by atomic mass is 10.3. The van der Waals surface area contributed by atoms with E-state index in [2.05, 4.69) is 15.5 Å². The Hall–Kier alpha value is -3.46. The number of carbonyl (C=O) groups excluding carboxylic acids is 2. The molecular formula is C23H35N5O4. The van der Waals surface area contributed by atoms with Crippen molar-refractivity contribution in [2.75, 3.05) is 23.5 Å². The van der Waals surface area contributed by atoms with Crippen LogP contribution in [0.1, 0.15) is 41.0 Å². The average molecular weight is 446 g/mol. The van der Waals surface area contributed by atoms with Gasteiger partial charge in [0, 0.05) is 18.1 Å². The number of nitrogens with one attached hydrogen (secondary N) is 1. The van der Waals surface area contributed by atoms with Crippen molar-refractivity contribution in [1.82, 2.24) is 9.78 Å². The van der Waals surface area contributed by atoms with Crippen molar-refractivity contribution >= 4 is 29.5 Å². The summed E-state index contributed by atoms with van der Waals surface area (Å²) in [5.41, 5.74) is 1.48. The van der Waals surface area contributed by atoms with Crippen LogP contribution in [-0.2, 0) is 16.1 Å². The number of amides is 1. The van der Waals surface area contributed by atoms with E-state index in [1.807, 2.05) is 51.1 Å². The Bertz CT molecular complexity index is 819. The number of aliphatic hydroxyl groups excluding tert-OH is 1. The maximum atomic E-state index is 11.0. The number of allylic oxidation sites excluding steroid dienone is 1. The van der Waals surface area contributed by atoms with Gasteiger partial charge in [0.15, 0.2) is 5.78 Å². The minimum absolute atomic E-state index is 0.0292. The number of ether oxygens (including phenoxy) is 1. The van der Waals surface area contributed by atoms with E-state index in [0.717, 1.165) is 17.8 Å². The van der Waals surface area contributed by atoms with Gasteiger partial charge in [-0.05, 0) is 38.5 Å². The summed E-state index contributed by atoms with van der Waals surface area (Å²) in [7, 11) is 0. The number of aliphatic hydroxyl groups is 1. The smallest absolute Gasteiger partial charge is 0.411 e. The number of ketones is 1. The van der Waals surface area contributed by atoms with Crippen LogP contribution in [0.3, 0.4) is 0 Å². The fourth-order valence-corrected chi connectivity index (χ4v) is 2.06. The molecule has 2 aromatic rings. The molecule has 0 radical (unpaired) electrons. The number of hydrogen-bond acceptors (Lipinski definition) is 7. The lowest BCUT2D eigenvalue weighted by molar-refractivity contribution is -0.112. The maximum absolute atomic E-state index is 11.0. The highest BCUT2D eigenvalue weighted by molar-refractivity contribution is 5.87. The highest BCUT2D eigenvalue weighted by Crippen LogP contribution is 2.13. The predicted octanol–water partition coefficient (Wildman–Crippen LogP) is 4.46. The van der Waals surface area contributed by atoms with E-state index in [-0.39, 0.29) is 12.4 Å². The first kappa shape index (κ1) is 28.5. The van der Waals surface area contributed by atoms with Crippen molar-refractivity contribution in [3.63, 3.8) is 0 Å². The summed E-state index contributed by atoms with van der Waals surface area (Å²) in [5, 5.41) is 21.1. The molecule has 0 spiro atoms. The van der Waals surface area contributed by atoms with E-state index in [9.17, 15) is 9.59 Å². The molecule has 176 valence electrons. The highest BCUT2D eigenvalue weighted by atomic mass is 16.5. The number of anilines is 2. The molecule has 0 fully saturated rings. The van der Waals surface area contributed by atoms with Gasteiger partial charge >= 0.3 is 6.09 Å². The zero-order valence-electron chi connectivity index (χ0n) is 19.6. The lowest BCUT2D eigenvalue weighted by Gasteiger charge is -2.10. The molecule has 0 aliphatic carbocycles. The van der Waals surface area contributed by atoms with Crippen molar-refractivity contribution in [1.29, 1.82) is 0 Å². The van der Waals surface area contributed by atoms with Gasteiger partial charge in [-0.1, -0.05) is 39.0 Å². The second kappa shape index (κ2) is 18.3. The number of hydrazone groups is 1. The van der Waals surface area contributed by atoms with Crippen molar-refractivity contribution in [3.05, 3.63) is 55.0 Å². The minimum Gasteiger partial charge on any atom is -0.449 e. The Labute approximate surface area is 190 Å². The largest absolute Gasteiger partial charge is 0.449 e. The van der Waals surface area contributed by atoms with E-state index in [4.69, 9.17) is 9.84 Å². The molecule has 9 nitrogen and oxygen atoms in total. The number of benzene rings is 1. The summed E-state index contributed by atoms with van der Waals surface area (Å²) in [6, 6.07) is 9.23. The van der Waals surface area contributed by atoms with Crippen LogP contribution in [0.25, 0.3) is 0 Å². The van der Waals surface area contributed by atoms with E-state index >= 15 is 0 Å². The SMILES string of the molecule is C/C=N/N(/C=C\C(C)=O)c1cnn(CCO)c1.CC.CCCOC(=O)Nc1ccccc1. The van der Waals surface area contributed by atoms with Crippen molar-refractivity contribution in [3.8, 4) is 0 Å². The van der Waals surface area contributed by atoms with Crippen LogP contribution in [0.2, 0.25) is 0 Å². The molecule has 2 N–H and O–H groups in total. The molecule has 0 saturated carbocycles. The quantitative estimate of drug-likeness (QED) is 0.335. The van der Waals surface area contributed by atoms with Gasteiger partial charge in [0.05, 0.1) is 32.2 Å². The maximum Gasteiger partial charge on any atom is 0.411 e. The van der Waals surface area contributed by atoms with Crippen LogP contribution in [0.4, 0.5) is 16.2 Å². The molecule has 1 amide bonds. The molecule has 0 unspecified atom stereocenters. The number of rotatable bonds is 9.